The van der Waals surface area contributed by atoms with E-state index in [0.717, 1.165) is 5.88 Å². The fourth-order valence-electron chi connectivity index (χ4n) is 1.55. The van der Waals surface area contributed by atoms with E-state index in [1.807, 2.05) is 11.8 Å². The normalized spacial score (nSPS) is 29.1. The number of rotatable bonds is 1. The quantitative estimate of drug-likeness (QED) is 0.710. The maximum atomic E-state index is 3.43. The lowest BCUT2D eigenvalue weighted by Crippen LogP contribution is -2.21. The summed E-state index contributed by atoms with van der Waals surface area (Å²) in [4.78, 5) is 0. The number of hydrogen-bond donors (Lipinski definition) is 1. The standard InChI is InChI=1S/C10H13NS/c1-8-10(12-7-11-8)9-5-3-2-4-6-9/h2-6,8,10-11H,7H2,1H3/t8-,10+/m1/s1. The summed E-state index contributed by atoms with van der Waals surface area (Å²) in [6.45, 7) is 2.25. The second-order valence-electron chi connectivity index (χ2n) is 3.14. The van der Waals surface area contributed by atoms with Gasteiger partial charge >= 0.3 is 0 Å². The van der Waals surface area contributed by atoms with Gasteiger partial charge in [-0.1, -0.05) is 30.3 Å². The maximum absolute atomic E-state index is 3.43. The van der Waals surface area contributed by atoms with Gasteiger partial charge in [0.1, 0.15) is 0 Å². The fourth-order valence-corrected chi connectivity index (χ4v) is 2.82. The molecule has 0 radical (unpaired) electrons. The zero-order valence-electron chi connectivity index (χ0n) is 7.16. The summed E-state index contributed by atoms with van der Waals surface area (Å²) in [6, 6.07) is 11.3. The number of nitrogens with one attached hydrogen (secondary N) is 1. The highest BCUT2D eigenvalue weighted by Gasteiger charge is 2.24. The van der Waals surface area contributed by atoms with Crippen molar-refractivity contribution in [2.45, 2.75) is 18.2 Å². The molecule has 1 fully saturated rings. The van der Waals surface area contributed by atoms with Crippen LogP contribution in [-0.4, -0.2) is 11.9 Å². The Morgan fingerprint density at radius 1 is 1.33 bits per heavy atom. The van der Waals surface area contributed by atoms with Crippen molar-refractivity contribution >= 4 is 11.8 Å². The van der Waals surface area contributed by atoms with Gasteiger partial charge < -0.3 is 5.32 Å². The first-order valence-electron chi connectivity index (χ1n) is 4.28. The molecule has 1 aromatic carbocycles. The molecule has 0 aromatic heterocycles. The molecule has 1 nitrogen and oxygen atoms in total. The highest BCUT2D eigenvalue weighted by molar-refractivity contribution is 7.99. The van der Waals surface area contributed by atoms with E-state index >= 15 is 0 Å². The zero-order chi connectivity index (χ0) is 8.39. The van der Waals surface area contributed by atoms with Crippen LogP contribution in [0.4, 0.5) is 0 Å². The molecule has 1 heterocycles. The van der Waals surface area contributed by atoms with Gasteiger partial charge in [-0.3, -0.25) is 0 Å². The molecule has 1 N–H and O–H groups in total. The van der Waals surface area contributed by atoms with E-state index in [4.69, 9.17) is 0 Å². The minimum absolute atomic E-state index is 0.609. The van der Waals surface area contributed by atoms with Crippen molar-refractivity contribution in [3.05, 3.63) is 35.9 Å². The first-order chi connectivity index (χ1) is 5.88. The van der Waals surface area contributed by atoms with Gasteiger partial charge in [0, 0.05) is 17.2 Å². The van der Waals surface area contributed by atoms with Crippen molar-refractivity contribution in [3.63, 3.8) is 0 Å². The number of benzene rings is 1. The molecule has 12 heavy (non-hydrogen) atoms. The minimum atomic E-state index is 0.609. The lowest BCUT2D eigenvalue weighted by Gasteiger charge is -2.13. The Labute approximate surface area is 77.6 Å². The summed E-state index contributed by atoms with van der Waals surface area (Å²) < 4.78 is 0. The summed E-state index contributed by atoms with van der Waals surface area (Å²) in [5, 5.41) is 4.08. The Balaban J connectivity index is 2.19. The summed E-state index contributed by atoms with van der Waals surface area (Å²) >= 11 is 1.99. The molecule has 0 spiro atoms. The lowest BCUT2D eigenvalue weighted by molar-refractivity contribution is 0.620. The highest BCUT2D eigenvalue weighted by Crippen LogP contribution is 2.35. The van der Waals surface area contributed by atoms with Gasteiger partial charge in [0.2, 0.25) is 0 Å². The van der Waals surface area contributed by atoms with Gasteiger partial charge in [-0.2, -0.15) is 0 Å². The lowest BCUT2D eigenvalue weighted by atomic mass is 10.1. The van der Waals surface area contributed by atoms with E-state index in [-0.39, 0.29) is 0 Å². The molecule has 2 heteroatoms. The van der Waals surface area contributed by atoms with E-state index in [0.29, 0.717) is 11.3 Å². The Kier molecular flexibility index (Phi) is 2.38. The summed E-state index contributed by atoms with van der Waals surface area (Å²) in [7, 11) is 0. The molecule has 1 aliphatic rings. The molecule has 0 unspecified atom stereocenters. The van der Waals surface area contributed by atoms with Crippen molar-refractivity contribution in [1.29, 1.82) is 0 Å². The molecule has 1 aliphatic heterocycles. The predicted molar refractivity (Wildman–Crippen MR) is 54.2 cm³/mol. The predicted octanol–water partition coefficient (Wildman–Crippen LogP) is 2.41. The van der Waals surface area contributed by atoms with Crippen LogP contribution in [0, 0.1) is 0 Å². The Morgan fingerprint density at radius 3 is 2.67 bits per heavy atom. The topological polar surface area (TPSA) is 12.0 Å². The third kappa shape index (κ3) is 1.50. The van der Waals surface area contributed by atoms with Crippen LogP contribution in [0.1, 0.15) is 17.7 Å². The van der Waals surface area contributed by atoms with Crippen LogP contribution < -0.4 is 5.32 Å². The van der Waals surface area contributed by atoms with Crippen LogP contribution in [0.25, 0.3) is 0 Å². The van der Waals surface area contributed by atoms with E-state index in [1.54, 1.807) is 0 Å². The zero-order valence-corrected chi connectivity index (χ0v) is 7.97. The van der Waals surface area contributed by atoms with Crippen LogP contribution >= 0.6 is 11.8 Å². The smallest absolute Gasteiger partial charge is 0.0460 e. The minimum Gasteiger partial charge on any atom is -0.304 e. The number of thioether (sulfide) groups is 1. The van der Waals surface area contributed by atoms with Crippen molar-refractivity contribution in [1.82, 2.24) is 5.32 Å². The molecule has 0 saturated carbocycles. The van der Waals surface area contributed by atoms with Crippen LogP contribution in [0.5, 0.6) is 0 Å². The van der Waals surface area contributed by atoms with Crippen LogP contribution in [0.3, 0.4) is 0 Å². The van der Waals surface area contributed by atoms with Gasteiger partial charge in [-0.15, -0.1) is 11.8 Å². The monoisotopic (exact) mass is 179 g/mol. The molecule has 0 aliphatic carbocycles. The van der Waals surface area contributed by atoms with Crippen molar-refractivity contribution in [2.75, 3.05) is 5.88 Å². The molecule has 64 valence electrons. The molecule has 1 aromatic rings. The van der Waals surface area contributed by atoms with Crippen molar-refractivity contribution in [2.24, 2.45) is 0 Å². The van der Waals surface area contributed by atoms with Crippen LogP contribution in [0.2, 0.25) is 0 Å². The van der Waals surface area contributed by atoms with Gasteiger partial charge in [-0.05, 0) is 12.5 Å². The SMILES string of the molecule is C[C@H]1NCS[C@@H]1c1ccccc1. The van der Waals surface area contributed by atoms with Gasteiger partial charge in [0.15, 0.2) is 0 Å². The average molecular weight is 179 g/mol. The molecule has 0 amide bonds. The van der Waals surface area contributed by atoms with Gasteiger partial charge in [0.05, 0.1) is 0 Å². The fraction of sp³-hybridized carbons (Fsp3) is 0.400. The van der Waals surface area contributed by atoms with Gasteiger partial charge in [-0.25, -0.2) is 0 Å². The molecule has 0 bridgehead atoms. The van der Waals surface area contributed by atoms with Gasteiger partial charge in [0.25, 0.3) is 0 Å². The van der Waals surface area contributed by atoms with E-state index in [1.165, 1.54) is 5.56 Å². The third-order valence-corrected chi connectivity index (χ3v) is 3.62. The largest absolute Gasteiger partial charge is 0.304 e. The second-order valence-corrected chi connectivity index (χ2v) is 4.26. The molecule has 1 saturated heterocycles. The van der Waals surface area contributed by atoms with Crippen molar-refractivity contribution in [3.8, 4) is 0 Å². The first-order valence-corrected chi connectivity index (χ1v) is 5.33. The summed E-state index contributed by atoms with van der Waals surface area (Å²) in [5.74, 6) is 1.08. The van der Waals surface area contributed by atoms with E-state index < -0.39 is 0 Å². The molecular formula is C10H13NS. The Bertz CT molecular complexity index is 247. The number of hydrogen-bond acceptors (Lipinski definition) is 2. The molecule has 2 atom stereocenters. The van der Waals surface area contributed by atoms with Crippen LogP contribution in [0.15, 0.2) is 30.3 Å². The summed E-state index contributed by atoms with van der Waals surface area (Å²) in [5.41, 5.74) is 1.44. The second kappa shape index (κ2) is 3.50. The van der Waals surface area contributed by atoms with E-state index in [9.17, 15) is 0 Å². The van der Waals surface area contributed by atoms with Crippen molar-refractivity contribution < 1.29 is 0 Å². The first kappa shape index (κ1) is 8.14. The van der Waals surface area contributed by atoms with E-state index in [2.05, 4.69) is 42.6 Å². The summed E-state index contributed by atoms with van der Waals surface area (Å²) in [6.07, 6.45) is 0. The van der Waals surface area contributed by atoms with Crippen LogP contribution in [-0.2, 0) is 0 Å². The molecule has 2 rings (SSSR count). The maximum Gasteiger partial charge on any atom is 0.0460 e. The Hall–Kier alpha value is -0.470. The molecular weight excluding hydrogens is 166 g/mol. The third-order valence-electron chi connectivity index (χ3n) is 2.25. The Morgan fingerprint density at radius 2 is 2.08 bits per heavy atom. The average Bonchev–Trinajstić information content (AvgIpc) is 2.53. The highest BCUT2D eigenvalue weighted by atomic mass is 32.2.